The van der Waals surface area contributed by atoms with Crippen LogP contribution in [0, 0.1) is 0 Å². The molecule has 0 N–H and O–H groups in total. The summed E-state index contributed by atoms with van der Waals surface area (Å²) in [5.41, 5.74) is 2.22. The molecule has 1 aromatic heterocycles. The summed E-state index contributed by atoms with van der Waals surface area (Å²) in [6.07, 6.45) is 0. The minimum atomic E-state index is -3.55. The van der Waals surface area contributed by atoms with Crippen LogP contribution in [0.5, 0.6) is 5.75 Å². The van der Waals surface area contributed by atoms with Gasteiger partial charge in [0.1, 0.15) is 5.75 Å². The normalized spacial score (nSPS) is 12.1. The molecule has 0 bridgehead atoms. The molecule has 1 heterocycles. The fraction of sp³-hybridized carbons (Fsp3) is 0.211. The summed E-state index contributed by atoms with van der Waals surface area (Å²) in [7, 11) is 2.94. The van der Waals surface area contributed by atoms with Crippen molar-refractivity contribution in [2.75, 3.05) is 21.2 Å². The number of hydrogen-bond acceptors (Lipinski definition) is 5. The van der Waals surface area contributed by atoms with E-state index >= 15 is 0 Å². The van der Waals surface area contributed by atoms with E-state index in [1.807, 2.05) is 41.3 Å². The van der Waals surface area contributed by atoms with Crippen molar-refractivity contribution in [3.63, 3.8) is 0 Å². The molecule has 0 spiro atoms. The lowest BCUT2D eigenvalue weighted by Crippen LogP contribution is -2.22. The SMILES string of the molecule is Br.COc1ccc(N=c2scc(-c3cc(S(=O)(=O)N(C)C)ccc3Cl)n2C)cc1. The van der Waals surface area contributed by atoms with E-state index in [0.29, 0.717) is 10.6 Å². The number of nitrogens with zero attached hydrogens (tertiary/aromatic N) is 3. The maximum atomic E-state index is 12.5. The van der Waals surface area contributed by atoms with Crippen molar-refractivity contribution in [2.24, 2.45) is 12.0 Å². The first-order valence-electron chi connectivity index (χ1n) is 8.30. The lowest BCUT2D eigenvalue weighted by Gasteiger charge is -2.13. The van der Waals surface area contributed by atoms with Crippen molar-refractivity contribution >= 4 is 55.6 Å². The van der Waals surface area contributed by atoms with Crippen molar-refractivity contribution in [3.05, 3.63) is 57.7 Å². The van der Waals surface area contributed by atoms with Crippen LogP contribution in [0.15, 0.2) is 57.7 Å². The van der Waals surface area contributed by atoms with Gasteiger partial charge in [-0.05, 0) is 42.5 Å². The quantitative estimate of drug-likeness (QED) is 0.500. The van der Waals surface area contributed by atoms with Gasteiger partial charge < -0.3 is 9.30 Å². The molecule has 10 heteroatoms. The Morgan fingerprint density at radius 3 is 2.38 bits per heavy atom. The predicted molar refractivity (Wildman–Crippen MR) is 123 cm³/mol. The van der Waals surface area contributed by atoms with Gasteiger partial charge in [0.15, 0.2) is 4.80 Å². The van der Waals surface area contributed by atoms with Crippen LogP contribution in [0.3, 0.4) is 0 Å². The summed E-state index contributed by atoms with van der Waals surface area (Å²) in [5.74, 6) is 0.765. The van der Waals surface area contributed by atoms with Crippen LogP contribution in [0.2, 0.25) is 5.02 Å². The smallest absolute Gasteiger partial charge is 0.242 e. The van der Waals surface area contributed by atoms with E-state index in [-0.39, 0.29) is 21.9 Å². The van der Waals surface area contributed by atoms with Crippen LogP contribution in [0.25, 0.3) is 11.3 Å². The molecular formula is C19H21BrClN3O3S2. The van der Waals surface area contributed by atoms with Crippen LogP contribution >= 0.6 is 39.9 Å². The molecule has 6 nitrogen and oxygen atoms in total. The number of benzene rings is 2. The largest absolute Gasteiger partial charge is 0.497 e. The number of aromatic nitrogens is 1. The Bertz CT molecular complexity index is 1170. The van der Waals surface area contributed by atoms with Crippen LogP contribution in [0.4, 0.5) is 5.69 Å². The topological polar surface area (TPSA) is 63.9 Å². The highest BCUT2D eigenvalue weighted by molar-refractivity contribution is 8.93. The molecule has 0 unspecified atom stereocenters. The second-order valence-electron chi connectivity index (χ2n) is 6.20. The number of rotatable bonds is 5. The van der Waals surface area contributed by atoms with Gasteiger partial charge in [-0.15, -0.1) is 28.3 Å². The van der Waals surface area contributed by atoms with Gasteiger partial charge in [0.05, 0.1) is 23.4 Å². The summed E-state index contributed by atoms with van der Waals surface area (Å²) in [6.45, 7) is 0. The Balaban J connectivity index is 0.00000300. The third kappa shape index (κ3) is 4.92. The molecule has 2 aromatic carbocycles. The molecule has 3 rings (SSSR count). The van der Waals surface area contributed by atoms with E-state index in [0.717, 1.165) is 21.9 Å². The van der Waals surface area contributed by atoms with Crippen LogP contribution < -0.4 is 9.54 Å². The van der Waals surface area contributed by atoms with Gasteiger partial charge in [0, 0.05) is 37.1 Å². The van der Waals surface area contributed by atoms with E-state index in [1.165, 1.54) is 35.8 Å². The molecule has 0 fully saturated rings. The molecule has 0 aliphatic carbocycles. The predicted octanol–water partition coefficient (Wildman–Crippen LogP) is 4.48. The minimum absolute atomic E-state index is 0. The molecule has 0 saturated carbocycles. The second kappa shape index (κ2) is 9.44. The Morgan fingerprint density at radius 1 is 1.14 bits per heavy atom. The van der Waals surface area contributed by atoms with Gasteiger partial charge in [0.25, 0.3) is 0 Å². The minimum Gasteiger partial charge on any atom is -0.497 e. The van der Waals surface area contributed by atoms with Gasteiger partial charge in [-0.3, -0.25) is 0 Å². The molecule has 3 aromatic rings. The molecule has 0 radical (unpaired) electrons. The van der Waals surface area contributed by atoms with Crippen molar-refractivity contribution in [2.45, 2.75) is 4.90 Å². The maximum Gasteiger partial charge on any atom is 0.242 e. The van der Waals surface area contributed by atoms with Gasteiger partial charge >= 0.3 is 0 Å². The zero-order chi connectivity index (χ0) is 20.5. The number of sulfonamides is 1. The van der Waals surface area contributed by atoms with E-state index < -0.39 is 10.0 Å². The lowest BCUT2D eigenvalue weighted by atomic mass is 10.2. The zero-order valence-corrected chi connectivity index (χ0v) is 20.4. The summed E-state index contributed by atoms with van der Waals surface area (Å²) in [4.78, 5) is 5.60. The Hall–Kier alpha value is -1.65. The number of halogens is 2. The average molecular weight is 519 g/mol. The molecule has 156 valence electrons. The number of methoxy groups -OCH3 is 1. The third-order valence-electron chi connectivity index (χ3n) is 4.21. The maximum absolute atomic E-state index is 12.5. The van der Waals surface area contributed by atoms with Crippen LogP contribution in [0.1, 0.15) is 0 Å². The Morgan fingerprint density at radius 2 is 1.79 bits per heavy atom. The second-order valence-corrected chi connectivity index (χ2v) is 9.60. The van der Waals surface area contributed by atoms with E-state index in [2.05, 4.69) is 4.99 Å². The van der Waals surface area contributed by atoms with Crippen molar-refractivity contribution < 1.29 is 13.2 Å². The molecule has 29 heavy (non-hydrogen) atoms. The van der Waals surface area contributed by atoms with Gasteiger partial charge in [-0.25, -0.2) is 17.7 Å². The zero-order valence-electron chi connectivity index (χ0n) is 16.3. The molecule has 0 saturated heterocycles. The highest BCUT2D eigenvalue weighted by atomic mass is 79.9. The average Bonchev–Trinajstić information content (AvgIpc) is 3.02. The van der Waals surface area contributed by atoms with Crippen LogP contribution in [-0.2, 0) is 17.1 Å². The number of hydrogen-bond donors (Lipinski definition) is 0. The monoisotopic (exact) mass is 517 g/mol. The summed E-state index contributed by atoms with van der Waals surface area (Å²) in [6, 6.07) is 12.1. The third-order valence-corrected chi connectivity index (χ3v) is 7.27. The number of ether oxygens (including phenoxy) is 1. The van der Waals surface area contributed by atoms with E-state index in [9.17, 15) is 8.42 Å². The van der Waals surface area contributed by atoms with Gasteiger partial charge in [-0.2, -0.15) is 0 Å². The van der Waals surface area contributed by atoms with Crippen molar-refractivity contribution in [1.29, 1.82) is 0 Å². The van der Waals surface area contributed by atoms with Crippen molar-refractivity contribution in [1.82, 2.24) is 8.87 Å². The molecule has 0 aliphatic rings. The molecular weight excluding hydrogens is 498 g/mol. The summed E-state index contributed by atoms with van der Waals surface area (Å²) in [5, 5.41) is 2.39. The highest BCUT2D eigenvalue weighted by Crippen LogP contribution is 2.31. The fourth-order valence-corrected chi connectivity index (χ4v) is 4.61. The van der Waals surface area contributed by atoms with E-state index in [1.54, 1.807) is 19.2 Å². The first kappa shape index (κ1) is 23.6. The molecule has 0 aliphatic heterocycles. The first-order chi connectivity index (χ1) is 13.2. The summed E-state index contributed by atoms with van der Waals surface area (Å²) >= 11 is 7.82. The van der Waals surface area contributed by atoms with Gasteiger partial charge in [-0.1, -0.05) is 11.6 Å². The standard InChI is InChI=1S/C19H20ClN3O3S2.BrH/c1-22(2)28(24,25)15-9-10-17(20)16(11-15)18-12-27-19(23(18)3)21-13-5-7-14(26-4)8-6-13;/h5-12H,1-4H3;1H. The Labute approximate surface area is 189 Å². The fourth-order valence-electron chi connectivity index (χ4n) is 2.55. The lowest BCUT2D eigenvalue weighted by molar-refractivity contribution is 0.415. The highest BCUT2D eigenvalue weighted by Gasteiger charge is 2.20. The molecule has 0 amide bonds. The summed E-state index contributed by atoms with van der Waals surface area (Å²) < 4.78 is 33.2. The Kier molecular flexibility index (Phi) is 7.69. The van der Waals surface area contributed by atoms with Crippen LogP contribution in [-0.4, -0.2) is 38.5 Å². The van der Waals surface area contributed by atoms with Crippen molar-refractivity contribution in [3.8, 4) is 17.0 Å². The van der Waals surface area contributed by atoms with E-state index in [4.69, 9.17) is 16.3 Å². The molecule has 0 atom stereocenters. The van der Waals surface area contributed by atoms with Gasteiger partial charge in [0.2, 0.25) is 10.0 Å². The number of thiazole rings is 1. The first-order valence-corrected chi connectivity index (χ1v) is 11.0.